The maximum absolute atomic E-state index is 12.7. The molecule has 0 bridgehead atoms. The van der Waals surface area contributed by atoms with Gasteiger partial charge in [-0.3, -0.25) is 4.79 Å². The minimum atomic E-state index is -4.47. The lowest BCUT2D eigenvalue weighted by Gasteiger charge is -2.12. The molecular formula is C16H14F3NO3. The van der Waals surface area contributed by atoms with E-state index < -0.39 is 17.6 Å². The Morgan fingerprint density at radius 3 is 2.39 bits per heavy atom. The third-order valence-corrected chi connectivity index (χ3v) is 3.10. The standard InChI is InChI=1S/C16H14F3NO3/c1-22-12-6-7-13(14(9-12)23-2)15(21)20-11-5-3-4-10(8-11)16(17,18)19/h3-9H,1-2H3,(H,20,21). The van der Waals surface area contributed by atoms with Crippen LogP contribution in [0.15, 0.2) is 42.5 Å². The molecule has 7 heteroatoms. The molecule has 0 aromatic heterocycles. The highest BCUT2D eigenvalue weighted by Gasteiger charge is 2.30. The van der Waals surface area contributed by atoms with Crippen LogP contribution in [-0.4, -0.2) is 20.1 Å². The Kier molecular flexibility index (Phi) is 4.78. The van der Waals surface area contributed by atoms with Gasteiger partial charge in [-0.15, -0.1) is 0 Å². The molecule has 0 heterocycles. The fourth-order valence-corrected chi connectivity index (χ4v) is 1.96. The zero-order valence-corrected chi connectivity index (χ0v) is 12.4. The van der Waals surface area contributed by atoms with Gasteiger partial charge >= 0.3 is 6.18 Å². The molecule has 2 rings (SSSR count). The monoisotopic (exact) mass is 325 g/mol. The van der Waals surface area contributed by atoms with Crippen molar-refractivity contribution in [3.8, 4) is 11.5 Å². The van der Waals surface area contributed by atoms with Crippen molar-refractivity contribution in [3.63, 3.8) is 0 Å². The van der Waals surface area contributed by atoms with Crippen molar-refractivity contribution in [2.45, 2.75) is 6.18 Å². The normalized spacial score (nSPS) is 11.0. The smallest absolute Gasteiger partial charge is 0.416 e. The second kappa shape index (κ2) is 6.60. The fraction of sp³-hybridized carbons (Fsp3) is 0.188. The molecule has 2 aromatic carbocycles. The summed E-state index contributed by atoms with van der Waals surface area (Å²) in [6, 6.07) is 8.95. The Morgan fingerprint density at radius 1 is 1.04 bits per heavy atom. The van der Waals surface area contributed by atoms with Crippen LogP contribution >= 0.6 is 0 Å². The summed E-state index contributed by atoms with van der Waals surface area (Å²) in [5, 5.41) is 2.42. The summed E-state index contributed by atoms with van der Waals surface area (Å²) < 4.78 is 48.2. The summed E-state index contributed by atoms with van der Waals surface area (Å²) in [7, 11) is 2.85. The van der Waals surface area contributed by atoms with E-state index in [0.717, 1.165) is 12.1 Å². The number of ether oxygens (including phenoxy) is 2. The van der Waals surface area contributed by atoms with Gasteiger partial charge < -0.3 is 14.8 Å². The first-order valence-corrected chi connectivity index (χ1v) is 6.56. The summed E-state index contributed by atoms with van der Waals surface area (Å²) in [4.78, 5) is 12.2. The minimum Gasteiger partial charge on any atom is -0.497 e. The van der Waals surface area contributed by atoms with E-state index in [4.69, 9.17) is 9.47 Å². The molecule has 2 aromatic rings. The zero-order chi connectivity index (χ0) is 17.0. The summed E-state index contributed by atoms with van der Waals surface area (Å²) in [6.45, 7) is 0. The Hall–Kier alpha value is -2.70. The van der Waals surface area contributed by atoms with Gasteiger partial charge in [-0.05, 0) is 30.3 Å². The van der Waals surface area contributed by atoms with Crippen LogP contribution in [0.3, 0.4) is 0 Å². The number of hydrogen-bond acceptors (Lipinski definition) is 3. The van der Waals surface area contributed by atoms with Crippen LogP contribution in [0, 0.1) is 0 Å². The number of carbonyl (C=O) groups is 1. The van der Waals surface area contributed by atoms with Gasteiger partial charge in [0.05, 0.1) is 25.3 Å². The SMILES string of the molecule is COc1ccc(C(=O)Nc2cccc(C(F)(F)F)c2)c(OC)c1. The molecule has 4 nitrogen and oxygen atoms in total. The van der Waals surface area contributed by atoms with E-state index in [1.54, 1.807) is 6.07 Å². The number of benzene rings is 2. The lowest BCUT2D eigenvalue weighted by molar-refractivity contribution is -0.137. The zero-order valence-electron chi connectivity index (χ0n) is 12.4. The number of halogens is 3. The highest BCUT2D eigenvalue weighted by Crippen LogP contribution is 2.31. The van der Waals surface area contributed by atoms with E-state index in [1.165, 1.54) is 38.5 Å². The maximum atomic E-state index is 12.7. The molecule has 0 fully saturated rings. The number of nitrogens with one attached hydrogen (secondary N) is 1. The summed E-state index contributed by atoms with van der Waals surface area (Å²) in [6.07, 6.45) is -4.47. The highest BCUT2D eigenvalue weighted by molar-refractivity contribution is 6.06. The number of anilines is 1. The van der Waals surface area contributed by atoms with Gasteiger partial charge in [0.25, 0.3) is 5.91 Å². The van der Waals surface area contributed by atoms with Crippen LogP contribution in [0.1, 0.15) is 15.9 Å². The van der Waals surface area contributed by atoms with Crippen molar-refractivity contribution in [3.05, 3.63) is 53.6 Å². The lowest BCUT2D eigenvalue weighted by Crippen LogP contribution is -2.14. The molecule has 122 valence electrons. The predicted molar refractivity (Wildman–Crippen MR) is 78.9 cm³/mol. The number of carbonyl (C=O) groups excluding carboxylic acids is 1. The molecule has 0 radical (unpaired) electrons. The van der Waals surface area contributed by atoms with Gasteiger partial charge in [0.2, 0.25) is 0 Å². The van der Waals surface area contributed by atoms with E-state index in [1.807, 2.05) is 0 Å². The minimum absolute atomic E-state index is 0.0442. The Labute approximate surface area is 130 Å². The van der Waals surface area contributed by atoms with Crippen molar-refractivity contribution in [2.75, 3.05) is 19.5 Å². The molecule has 0 aliphatic carbocycles. The molecule has 0 spiro atoms. The van der Waals surface area contributed by atoms with Crippen LogP contribution in [0.2, 0.25) is 0 Å². The van der Waals surface area contributed by atoms with Gasteiger partial charge in [0, 0.05) is 11.8 Å². The number of alkyl halides is 3. The van der Waals surface area contributed by atoms with Gasteiger partial charge in [-0.1, -0.05) is 6.07 Å². The van der Waals surface area contributed by atoms with Crippen LogP contribution in [0.25, 0.3) is 0 Å². The number of rotatable bonds is 4. The summed E-state index contributed by atoms with van der Waals surface area (Å²) in [5.41, 5.74) is -0.606. The first-order valence-electron chi connectivity index (χ1n) is 6.56. The fourth-order valence-electron chi connectivity index (χ4n) is 1.96. The second-order valence-electron chi connectivity index (χ2n) is 4.60. The number of amides is 1. The van der Waals surface area contributed by atoms with Gasteiger partial charge in [0.1, 0.15) is 11.5 Å². The largest absolute Gasteiger partial charge is 0.497 e. The predicted octanol–water partition coefficient (Wildman–Crippen LogP) is 3.97. The van der Waals surface area contributed by atoms with Crippen molar-refractivity contribution in [2.24, 2.45) is 0 Å². The Bertz CT molecular complexity index is 714. The van der Waals surface area contributed by atoms with Gasteiger partial charge in [-0.2, -0.15) is 13.2 Å². The van der Waals surface area contributed by atoms with Crippen molar-refractivity contribution in [1.29, 1.82) is 0 Å². The van der Waals surface area contributed by atoms with Crippen LogP contribution in [0.5, 0.6) is 11.5 Å². The molecular weight excluding hydrogens is 311 g/mol. The Balaban J connectivity index is 2.26. The van der Waals surface area contributed by atoms with E-state index in [9.17, 15) is 18.0 Å². The second-order valence-corrected chi connectivity index (χ2v) is 4.60. The maximum Gasteiger partial charge on any atom is 0.416 e. The molecule has 0 aliphatic heterocycles. The van der Waals surface area contributed by atoms with Crippen molar-refractivity contribution >= 4 is 11.6 Å². The lowest BCUT2D eigenvalue weighted by atomic mass is 10.1. The van der Waals surface area contributed by atoms with E-state index in [0.29, 0.717) is 5.75 Å². The molecule has 0 aliphatic rings. The van der Waals surface area contributed by atoms with E-state index in [2.05, 4.69) is 5.32 Å². The Morgan fingerprint density at radius 2 is 1.78 bits per heavy atom. The average molecular weight is 325 g/mol. The van der Waals surface area contributed by atoms with E-state index >= 15 is 0 Å². The molecule has 0 saturated carbocycles. The van der Waals surface area contributed by atoms with Crippen LogP contribution in [0.4, 0.5) is 18.9 Å². The van der Waals surface area contributed by atoms with Gasteiger partial charge in [0.15, 0.2) is 0 Å². The average Bonchev–Trinajstić information content (AvgIpc) is 2.53. The first-order chi connectivity index (χ1) is 10.8. The van der Waals surface area contributed by atoms with Crippen LogP contribution in [-0.2, 0) is 6.18 Å². The highest BCUT2D eigenvalue weighted by atomic mass is 19.4. The molecule has 0 saturated heterocycles. The molecule has 1 amide bonds. The van der Waals surface area contributed by atoms with Crippen molar-refractivity contribution in [1.82, 2.24) is 0 Å². The third-order valence-electron chi connectivity index (χ3n) is 3.10. The summed E-state index contributed by atoms with van der Waals surface area (Å²) in [5.74, 6) is 0.176. The van der Waals surface area contributed by atoms with E-state index in [-0.39, 0.29) is 17.0 Å². The number of methoxy groups -OCH3 is 2. The molecule has 0 unspecified atom stereocenters. The molecule has 23 heavy (non-hydrogen) atoms. The topological polar surface area (TPSA) is 47.6 Å². The van der Waals surface area contributed by atoms with Crippen molar-refractivity contribution < 1.29 is 27.4 Å². The molecule has 1 N–H and O–H groups in total. The quantitative estimate of drug-likeness (QED) is 0.925. The molecule has 0 atom stereocenters. The summed E-state index contributed by atoms with van der Waals surface area (Å²) >= 11 is 0. The van der Waals surface area contributed by atoms with Crippen LogP contribution < -0.4 is 14.8 Å². The third kappa shape index (κ3) is 3.94. The number of hydrogen-bond donors (Lipinski definition) is 1. The first kappa shape index (κ1) is 16.7. The van der Waals surface area contributed by atoms with Gasteiger partial charge in [-0.25, -0.2) is 0 Å².